The third-order valence-corrected chi connectivity index (χ3v) is 4.50. The maximum atomic E-state index is 13.4. The minimum Gasteiger partial charge on any atom is -0.482 e. The zero-order valence-corrected chi connectivity index (χ0v) is 16.7. The van der Waals surface area contributed by atoms with Crippen molar-refractivity contribution in [3.8, 4) is 5.75 Å². The average Bonchev–Trinajstić information content (AvgIpc) is 3.50. The Kier molecular flexibility index (Phi) is 6.54. The van der Waals surface area contributed by atoms with Gasteiger partial charge < -0.3 is 15.4 Å². The molecule has 0 atom stereocenters. The highest BCUT2D eigenvalue weighted by Gasteiger charge is 2.37. The zero-order chi connectivity index (χ0) is 23.7. The third-order valence-electron chi connectivity index (χ3n) is 4.17. The van der Waals surface area contributed by atoms with Crippen LogP contribution in [0.3, 0.4) is 0 Å². The van der Waals surface area contributed by atoms with E-state index in [-0.39, 0.29) is 28.4 Å². The van der Waals surface area contributed by atoms with Crippen LogP contribution in [0.5, 0.6) is 5.75 Å². The molecule has 1 aromatic carbocycles. The number of carbonyl (C=O) groups is 2. The molecule has 1 fully saturated rings. The summed E-state index contributed by atoms with van der Waals surface area (Å²) < 4.78 is 81.2. The van der Waals surface area contributed by atoms with Crippen LogP contribution in [0.1, 0.15) is 39.3 Å². The molecule has 2 amide bonds. The molecule has 1 aromatic heterocycles. The first-order valence-electron chi connectivity index (χ1n) is 9.02. The summed E-state index contributed by atoms with van der Waals surface area (Å²) >= 11 is 5.98. The SMILES string of the molecule is O=C(NC1CC1)c1cc(NC(=O)c2ncc(OCC(F)(F)F)cc2C(F)(F)F)ccc1Cl. The first kappa shape index (κ1) is 23.6. The number of rotatable bonds is 6. The van der Waals surface area contributed by atoms with Crippen LogP contribution in [0, 0.1) is 0 Å². The number of carbonyl (C=O) groups excluding carboxylic acids is 2. The van der Waals surface area contributed by atoms with Gasteiger partial charge in [0.05, 0.1) is 22.3 Å². The second-order valence-electron chi connectivity index (χ2n) is 6.87. The molecule has 1 aliphatic rings. The number of benzene rings is 1. The summed E-state index contributed by atoms with van der Waals surface area (Å²) in [6, 6.07) is 4.01. The van der Waals surface area contributed by atoms with Crippen molar-refractivity contribution in [1.82, 2.24) is 10.3 Å². The van der Waals surface area contributed by atoms with Gasteiger partial charge in [0.2, 0.25) is 0 Å². The number of hydrogen-bond acceptors (Lipinski definition) is 4. The minimum atomic E-state index is -5.10. The van der Waals surface area contributed by atoms with Crippen molar-refractivity contribution in [2.75, 3.05) is 11.9 Å². The van der Waals surface area contributed by atoms with Gasteiger partial charge in [-0.1, -0.05) is 11.6 Å². The normalized spacial score (nSPS) is 14.1. The summed E-state index contributed by atoms with van der Waals surface area (Å²) in [7, 11) is 0. The van der Waals surface area contributed by atoms with Crippen molar-refractivity contribution >= 4 is 29.1 Å². The number of aromatic nitrogens is 1. The molecule has 0 radical (unpaired) electrons. The number of ether oxygens (including phenoxy) is 1. The van der Waals surface area contributed by atoms with E-state index >= 15 is 0 Å². The second kappa shape index (κ2) is 8.85. The molecule has 2 aromatic rings. The van der Waals surface area contributed by atoms with Crippen LogP contribution in [0.4, 0.5) is 32.0 Å². The Morgan fingerprint density at radius 2 is 1.78 bits per heavy atom. The topological polar surface area (TPSA) is 80.3 Å². The molecule has 0 spiro atoms. The Balaban J connectivity index is 1.83. The van der Waals surface area contributed by atoms with Gasteiger partial charge in [-0.05, 0) is 37.1 Å². The van der Waals surface area contributed by atoms with Gasteiger partial charge in [0.25, 0.3) is 11.8 Å². The lowest BCUT2D eigenvalue weighted by atomic mass is 10.1. The van der Waals surface area contributed by atoms with E-state index in [4.69, 9.17) is 11.6 Å². The maximum Gasteiger partial charge on any atom is 0.422 e. The summed E-state index contributed by atoms with van der Waals surface area (Å²) in [6.07, 6.45) is -7.67. The minimum absolute atomic E-state index is 0.0104. The van der Waals surface area contributed by atoms with E-state index in [1.165, 1.54) is 18.2 Å². The van der Waals surface area contributed by atoms with Crippen molar-refractivity contribution < 1.29 is 40.7 Å². The number of halogens is 7. The van der Waals surface area contributed by atoms with E-state index in [9.17, 15) is 35.9 Å². The van der Waals surface area contributed by atoms with E-state index in [0.717, 1.165) is 12.8 Å². The molecule has 0 aliphatic heterocycles. The molecular weight excluding hydrogens is 468 g/mol. The third kappa shape index (κ3) is 6.25. The first-order valence-corrected chi connectivity index (χ1v) is 9.40. The van der Waals surface area contributed by atoms with Crippen LogP contribution in [0.2, 0.25) is 5.02 Å². The Labute approximate surface area is 181 Å². The summed E-state index contributed by atoms with van der Waals surface area (Å²) in [5.74, 6) is -2.61. The number of nitrogens with one attached hydrogen (secondary N) is 2. The van der Waals surface area contributed by atoms with Crippen LogP contribution < -0.4 is 15.4 Å². The summed E-state index contributed by atoms with van der Waals surface area (Å²) in [4.78, 5) is 28.0. The number of pyridine rings is 1. The van der Waals surface area contributed by atoms with Gasteiger partial charge in [-0.2, -0.15) is 26.3 Å². The summed E-state index contributed by atoms with van der Waals surface area (Å²) in [5.41, 5.74) is -2.70. The van der Waals surface area contributed by atoms with Crippen molar-refractivity contribution in [3.63, 3.8) is 0 Å². The molecule has 0 saturated heterocycles. The van der Waals surface area contributed by atoms with Gasteiger partial charge in [0.1, 0.15) is 11.4 Å². The summed E-state index contributed by atoms with van der Waals surface area (Å²) in [6.45, 7) is -1.83. The molecule has 0 unspecified atom stereocenters. The van der Waals surface area contributed by atoms with Crippen molar-refractivity contribution in [2.24, 2.45) is 0 Å². The molecule has 32 heavy (non-hydrogen) atoms. The van der Waals surface area contributed by atoms with Gasteiger partial charge in [0, 0.05) is 11.7 Å². The Bertz CT molecular complexity index is 1040. The van der Waals surface area contributed by atoms with Crippen molar-refractivity contribution in [1.29, 1.82) is 0 Å². The highest BCUT2D eigenvalue weighted by molar-refractivity contribution is 6.34. The van der Waals surface area contributed by atoms with Gasteiger partial charge in [0.15, 0.2) is 6.61 Å². The van der Waals surface area contributed by atoms with E-state index in [0.29, 0.717) is 6.20 Å². The lowest BCUT2D eigenvalue weighted by molar-refractivity contribution is -0.153. The van der Waals surface area contributed by atoms with E-state index in [1.54, 1.807) is 0 Å². The molecule has 13 heteroatoms. The fraction of sp³-hybridized carbons (Fsp3) is 0.316. The lowest BCUT2D eigenvalue weighted by Crippen LogP contribution is -2.26. The van der Waals surface area contributed by atoms with E-state index in [1.807, 2.05) is 0 Å². The van der Waals surface area contributed by atoms with Crippen LogP contribution >= 0.6 is 11.6 Å². The standard InChI is InChI=1S/C19H14ClF6N3O3/c20-14-4-3-10(5-12(14)16(30)28-9-1-2-9)29-17(31)15-13(19(24,25)26)6-11(7-27-15)32-8-18(21,22)23/h3-7,9H,1-2,8H2,(H,28,30)(H,29,31). The fourth-order valence-electron chi connectivity index (χ4n) is 2.54. The smallest absolute Gasteiger partial charge is 0.422 e. The molecule has 1 saturated carbocycles. The zero-order valence-electron chi connectivity index (χ0n) is 15.9. The van der Waals surface area contributed by atoms with E-state index in [2.05, 4.69) is 20.4 Å². The van der Waals surface area contributed by atoms with Gasteiger partial charge in [-0.15, -0.1) is 0 Å². The number of nitrogens with zero attached hydrogens (tertiary/aromatic N) is 1. The van der Waals surface area contributed by atoms with Crippen LogP contribution in [0.15, 0.2) is 30.5 Å². The molecule has 1 heterocycles. The number of hydrogen-bond donors (Lipinski definition) is 2. The molecule has 2 N–H and O–H groups in total. The highest BCUT2D eigenvalue weighted by atomic mass is 35.5. The fourth-order valence-corrected chi connectivity index (χ4v) is 2.75. The van der Waals surface area contributed by atoms with Gasteiger partial charge >= 0.3 is 12.4 Å². The molecule has 1 aliphatic carbocycles. The largest absolute Gasteiger partial charge is 0.482 e. The predicted molar refractivity (Wildman–Crippen MR) is 101 cm³/mol. The van der Waals surface area contributed by atoms with Crippen molar-refractivity contribution in [2.45, 2.75) is 31.2 Å². The van der Waals surface area contributed by atoms with Crippen LogP contribution in [-0.4, -0.2) is 35.6 Å². The Morgan fingerprint density at radius 1 is 1.09 bits per heavy atom. The molecule has 3 rings (SSSR count). The molecule has 0 bridgehead atoms. The highest BCUT2D eigenvalue weighted by Crippen LogP contribution is 2.34. The second-order valence-corrected chi connectivity index (χ2v) is 7.27. The van der Waals surface area contributed by atoms with Crippen LogP contribution in [-0.2, 0) is 6.18 Å². The Hall–Kier alpha value is -3.02. The predicted octanol–water partition coefficient (Wildman–Crippen LogP) is 4.84. The average molecular weight is 482 g/mol. The lowest BCUT2D eigenvalue weighted by Gasteiger charge is -2.15. The maximum absolute atomic E-state index is 13.4. The molecule has 6 nitrogen and oxygen atoms in total. The molecular formula is C19H14ClF6N3O3. The number of anilines is 1. The first-order chi connectivity index (χ1) is 14.8. The quantitative estimate of drug-likeness (QED) is 0.579. The number of alkyl halides is 6. The molecule has 172 valence electrons. The monoisotopic (exact) mass is 481 g/mol. The van der Waals surface area contributed by atoms with Crippen LogP contribution in [0.25, 0.3) is 0 Å². The van der Waals surface area contributed by atoms with E-state index < -0.39 is 47.8 Å². The van der Waals surface area contributed by atoms with Gasteiger partial charge in [-0.25, -0.2) is 4.98 Å². The Morgan fingerprint density at radius 3 is 2.38 bits per heavy atom. The number of amides is 2. The summed E-state index contributed by atoms with van der Waals surface area (Å²) in [5, 5.41) is 4.94. The van der Waals surface area contributed by atoms with Gasteiger partial charge in [-0.3, -0.25) is 9.59 Å². The van der Waals surface area contributed by atoms with Crippen molar-refractivity contribution in [3.05, 3.63) is 52.3 Å².